The van der Waals surface area contributed by atoms with Gasteiger partial charge in [-0.1, -0.05) is 11.6 Å². The highest BCUT2D eigenvalue weighted by Gasteiger charge is 2.36. The third kappa shape index (κ3) is 5.97. The van der Waals surface area contributed by atoms with Crippen LogP contribution >= 0.6 is 11.6 Å². The van der Waals surface area contributed by atoms with Gasteiger partial charge >= 0.3 is 0 Å². The molecule has 0 amide bonds. The van der Waals surface area contributed by atoms with Crippen LogP contribution in [0.15, 0.2) is 12.4 Å². The van der Waals surface area contributed by atoms with E-state index in [1.165, 1.54) is 33.5 Å². The number of hydrogen-bond acceptors (Lipinski definition) is 10. The Balaban J connectivity index is 1.92. The van der Waals surface area contributed by atoms with E-state index in [1.807, 2.05) is 0 Å². The summed E-state index contributed by atoms with van der Waals surface area (Å²) < 4.78 is 52.7. The molecule has 2 aromatic heterocycles. The summed E-state index contributed by atoms with van der Waals surface area (Å²) in [6, 6.07) is 0. The topological polar surface area (TPSA) is 140 Å². The first-order chi connectivity index (χ1) is 15.8. The minimum atomic E-state index is -4.02. The lowest BCUT2D eigenvalue weighted by Gasteiger charge is -2.24. The van der Waals surface area contributed by atoms with Crippen LogP contribution in [0.25, 0.3) is 0 Å². The zero-order chi connectivity index (χ0) is 24.0. The Morgan fingerprint density at radius 3 is 2.55 bits per heavy atom. The van der Waals surface area contributed by atoms with Crippen molar-refractivity contribution in [1.29, 1.82) is 0 Å². The van der Waals surface area contributed by atoms with Gasteiger partial charge in [0, 0.05) is 46.8 Å². The Kier molecular flexibility index (Phi) is 8.95. The van der Waals surface area contributed by atoms with Gasteiger partial charge in [-0.05, 0) is 19.8 Å². The molecule has 1 unspecified atom stereocenters. The lowest BCUT2D eigenvalue weighted by molar-refractivity contribution is 0.00823. The van der Waals surface area contributed by atoms with Crippen LogP contribution in [0.5, 0.6) is 0 Å². The lowest BCUT2D eigenvalue weighted by atomic mass is 10.2. The Bertz CT molecular complexity index is 999. The number of sulfonamides is 1. The molecule has 1 N–H and O–H groups in total. The van der Waals surface area contributed by atoms with Crippen LogP contribution in [-0.4, -0.2) is 72.9 Å². The molecule has 14 heteroatoms. The van der Waals surface area contributed by atoms with E-state index >= 15 is 0 Å². The number of hydrogen-bond donors (Lipinski definition) is 1. The maximum atomic E-state index is 13.3. The molecular weight excluding hydrogens is 476 g/mol. The second-order valence-electron chi connectivity index (χ2n) is 7.49. The largest absolute Gasteiger partial charge is 0.385 e. The summed E-state index contributed by atoms with van der Waals surface area (Å²) >= 11 is 5.84. The molecule has 0 aliphatic carbocycles. The summed E-state index contributed by atoms with van der Waals surface area (Å²) in [6.07, 6.45) is 3.03. The predicted molar refractivity (Wildman–Crippen MR) is 119 cm³/mol. The number of rotatable bonds is 12. The summed E-state index contributed by atoms with van der Waals surface area (Å²) in [5, 5.41) is 7.59. The zero-order valence-corrected chi connectivity index (χ0v) is 20.5. The molecule has 0 radical (unpaired) electrons. The van der Waals surface area contributed by atoms with E-state index in [0.717, 1.165) is 12.8 Å². The van der Waals surface area contributed by atoms with Crippen molar-refractivity contribution in [2.24, 2.45) is 0 Å². The fourth-order valence-corrected chi connectivity index (χ4v) is 4.82. The van der Waals surface area contributed by atoms with Crippen LogP contribution in [0.2, 0.25) is 5.02 Å². The maximum absolute atomic E-state index is 13.3. The molecule has 1 fully saturated rings. The molecule has 184 valence electrons. The number of ether oxygens (including phenoxy) is 4. The molecule has 1 aliphatic rings. The van der Waals surface area contributed by atoms with Gasteiger partial charge in [0.1, 0.15) is 23.7 Å². The molecular formula is C19H29ClN6O6S. The zero-order valence-electron chi connectivity index (χ0n) is 19.0. The van der Waals surface area contributed by atoms with Crippen LogP contribution in [0.1, 0.15) is 56.3 Å². The Morgan fingerprint density at radius 1 is 1.24 bits per heavy atom. The van der Waals surface area contributed by atoms with Crippen molar-refractivity contribution in [3.05, 3.63) is 29.1 Å². The van der Waals surface area contributed by atoms with Crippen molar-refractivity contribution in [2.75, 3.05) is 39.3 Å². The van der Waals surface area contributed by atoms with Crippen LogP contribution < -0.4 is 4.72 Å². The van der Waals surface area contributed by atoms with Crippen molar-refractivity contribution >= 4 is 27.6 Å². The van der Waals surface area contributed by atoms with E-state index in [0.29, 0.717) is 30.5 Å². The molecule has 3 heterocycles. The first kappa shape index (κ1) is 25.7. The molecule has 0 saturated carbocycles. The number of aromatic nitrogens is 5. The van der Waals surface area contributed by atoms with Gasteiger partial charge in [-0.15, -0.1) is 10.2 Å². The SMILES string of the molecule is COCCC(OC)n1c(NS(=O)(=O)[C@@H](C)[C@H](OC)c2ncc(Cl)cn2)nnc1[C@@H]1CCCO1. The quantitative estimate of drug-likeness (QED) is 0.457. The molecule has 2 aromatic rings. The Morgan fingerprint density at radius 2 is 1.97 bits per heavy atom. The standard InChI is InChI=1S/C19H29ClN6O6S/c1-12(16(31-4)17-21-10-13(20)11-22-17)33(27,28)25-19-24-23-18(14-6-5-8-32-14)26(19)15(30-3)7-9-29-2/h10-12,14-16H,5-9H2,1-4H3,(H,24,25)/t12-,14-,15?,16-/m0/s1. The van der Waals surface area contributed by atoms with E-state index in [1.54, 1.807) is 11.7 Å². The molecule has 12 nitrogen and oxygen atoms in total. The van der Waals surface area contributed by atoms with E-state index in [-0.39, 0.29) is 17.9 Å². The van der Waals surface area contributed by atoms with Crippen LogP contribution in [0, 0.1) is 0 Å². The van der Waals surface area contributed by atoms with Gasteiger partial charge in [-0.25, -0.2) is 18.4 Å². The predicted octanol–water partition coefficient (Wildman–Crippen LogP) is 2.27. The summed E-state index contributed by atoms with van der Waals surface area (Å²) in [4.78, 5) is 8.19. The average Bonchev–Trinajstić information content (AvgIpc) is 3.46. The molecule has 1 aliphatic heterocycles. The minimum Gasteiger partial charge on any atom is -0.385 e. The molecule has 1 saturated heterocycles. The van der Waals surface area contributed by atoms with Gasteiger partial charge in [0.2, 0.25) is 16.0 Å². The fraction of sp³-hybridized carbons (Fsp3) is 0.684. The van der Waals surface area contributed by atoms with Crippen molar-refractivity contribution in [2.45, 2.75) is 49.9 Å². The first-order valence-electron chi connectivity index (χ1n) is 10.4. The number of halogens is 1. The van der Waals surface area contributed by atoms with Crippen molar-refractivity contribution in [3.63, 3.8) is 0 Å². The normalized spacial score (nSPS) is 19.4. The Hall–Kier alpha value is -1.90. The van der Waals surface area contributed by atoms with E-state index in [9.17, 15) is 8.42 Å². The first-order valence-corrected chi connectivity index (χ1v) is 12.3. The molecule has 3 rings (SSSR count). The average molecular weight is 505 g/mol. The highest BCUT2D eigenvalue weighted by molar-refractivity contribution is 7.93. The minimum absolute atomic E-state index is 0.0159. The van der Waals surface area contributed by atoms with Gasteiger partial charge in [-0.2, -0.15) is 0 Å². The highest BCUT2D eigenvalue weighted by atomic mass is 35.5. The molecule has 0 spiro atoms. The van der Waals surface area contributed by atoms with Crippen LogP contribution in [0.4, 0.5) is 5.95 Å². The van der Waals surface area contributed by atoms with Crippen LogP contribution in [0.3, 0.4) is 0 Å². The fourth-order valence-electron chi connectivity index (χ4n) is 3.59. The van der Waals surface area contributed by atoms with Crippen molar-refractivity contribution in [1.82, 2.24) is 24.7 Å². The van der Waals surface area contributed by atoms with Gasteiger partial charge in [0.25, 0.3) is 0 Å². The van der Waals surface area contributed by atoms with E-state index in [4.69, 9.17) is 30.5 Å². The number of methoxy groups -OCH3 is 3. The molecule has 0 aromatic carbocycles. The number of anilines is 1. The van der Waals surface area contributed by atoms with Gasteiger partial charge < -0.3 is 18.9 Å². The molecule has 33 heavy (non-hydrogen) atoms. The second-order valence-corrected chi connectivity index (χ2v) is 9.97. The monoisotopic (exact) mass is 504 g/mol. The Labute approximate surface area is 198 Å². The lowest BCUT2D eigenvalue weighted by Crippen LogP contribution is -2.34. The summed E-state index contributed by atoms with van der Waals surface area (Å²) in [7, 11) is 0.476. The van der Waals surface area contributed by atoms with Gasteiger partial charge in [0.15, 0.2) is 11.6 Å². The van der Waals surface area contributed by atoms with Gasteiger partial charge in [0.05, 0.1) is 11.6 Å². The third-order valence-electron chi connectivity index (χ3n) is 5.37. The second kappa shape index (κ2) is 11.5. The maximum Gasteiger partial charge on any atom is 0.240 e. The number of nitrogens with one attached hydrogen (secondary N) is 1. The van der Waals surface area contributed by atoms with Crippen molar-refractivity contribution < 1.29 is 27.4 Å². The smallest absolute Gasteiger partial charge is 0.240 e. The third-order valence-corrected chi connectivity index (χ3v) is 7.26. The highest BCUT2D eigenvalue weighted by Crippen LogP contribution is 2.33. The molecule has 0 bridgehead atoms. The van der Waals surface area contributed by atoms with E-state index < -0.39 is 27.6 Å². The summed E-state index contributed by atoms with van der Waals surface area (Å²) in [5.74, 6) is 0.698. The van der Waals surface area contributed by atoms with Crippen molar-refractivity contribution in [3.8, 4) is 0 Å². The van der Waals surface area contributed by atoms with Gasteiger partial charge in [-0.3, -0.25) is 9.29 Å². The van der Waals surface area contributed by atoms with E-state index in [2.05, 4.69) is 24.9 Å². The summed E-state index contributed by atoms with van der Waals surface area (Å²) in [6.45, 7) is 2.49. The summed E-state index contributed by atoms with van der Waals surface area (Å²) in [5.41, 5.74) is 0. The molecule has 4 atom stereocenters. The number of nitrogens with zero attached hydrogens (tertiary/aromatic N) is 5. The van der Waals surface area contributed by atoms with Crippen LogP contribution in [-0.2, 0) is 29.0 Å².